The van der Waals surface area contributed by atoms with Crippen LogP contribution in [0.3, 0.4) is 0 Å². The molecule has 5 nitrogen and oxygen atoms in total. The zero-order valence-corrected chi connectivity index (χ0v) is 17.3. The molecule has 6 heteroatoms. The molecule has 3 aromatic carbocycles. The van der Waals surface area contributed by atoms with Gasteiger partial charge in [0, 0.05) is 5.69 Å². The quantitative estimate of drug-likeness (QED) is 0.630. The summed E-state index contributed by atoms with van der Waals surface area (Å²) in [4.78, 5) is 12.8. The number of aryl methyl sites for hydroxylation is 2. The fraction of sp³-hybridized carbons (Fsp3) is 0.174. The highest BCUT2D eigenvalue weighted by Gasteiger charge is 2.27. The van der Waals surface area contributed by atoms with Gasteiger partial charge in [-0.25, -0.2) is 8.42 Å². The number of amides is 1. The fourth-order valence-corrected chi connectivity index (χ4v) is 4.43. The van der Waals surface area contributed by atoms with Crippen LogP contribution in [0.5, 0.6) is 0 Å². The van der Waals surface area contributed by atoms with Gasteiger partial charge in [0.15, 0.2) is 0 Å². The zero-order chi connectivity index (χ0) is 20.9. The van der Waals surface area contributed by atoms with Crippen molar-refractivity contribution < 1.29 is 13.2 Å². The van der Waals surface area contributed by atoms with Crippen LogP contribution in [0.2, 0.25) is 0 Å². The van der Waals surface area contributed by atoms with Crippen molar-refractivity contribution in [2.75, 3.05) is 16.2 Å². The molecule has 0 aliphatic rings. The van der Waals surface area contributed by atoms with Gasteiger partial charge in [-0.1, -0.05) is 49.4 Å². The van der Waals surface area contributed by atoms with Gasteiger partial charge in [-0.3, -0.25) is 9.10 Å². The third-order valence-corrected chi connectivity index (χ3v) is 6.34. The number of hydrogen-bond acceptors (Lipinski definition) is 3. The second-order valence-electron chi connectivity index (χ2n) is 6.76. The van der Waals surface area contributed by atoms with Crippen LogP contribution in [0.25, 0.3) is 0 Å². The van der Waals surface area contributed by atoms with Crippen LogP contribution in [0.15, 0.2) is 83.8 Å². The van der Waals surface area contributed by atoms with Gasteiger partial charge in [0.05, 0.1) is 10.6 Å². The Labute approximate surface area is 172 Å². The topological polar surface area (TPSA) is 66.5 Å². The number of sulfonamides is 1. The maximum absolute atomic E-state index is 13.3. The second kappa shape index (κ2) is 8.92. The van der Waals surface area contributed by atoms with Crippen LogP contribution in [-0.2, 0) is 21.2 Å². The normalized spacial score (nSPS) is 11.1. The van der Waals surface area contributed by atoms with Crippen LogP contribution in [0.4, 0.5) is 11.4 Å². The van der Waals surface area contributed by atoms with E-state index in [1.54, 1.807) is 36.4 Å². The van der Waals surface area contributed by atoms with Gasteiger partial charge in [0.2, 0.25) is 5.91 Å². The number of hydrogen-bond donors (Lipinski definition) is 1. The molecule has 0 fully saturated rings. The lowest BCUT2D eigenvalue weighted by molar-refractivity contribution is -0.114. The van der Waals surface area contributed by atoms with E-state index in [-0.39, 0.29) is 11.4 Å². The lowest BCUT2D eigenvalue weighted by Gasteiger charge is -2.24. The summed E-state index contributed by atoms with van der Waals surface area (Å²) in [6.07, 6.45) is 0.847. The number of carbonyl (C=O) groups excluding carboxylic acids is 1. The number of nitrogens with one attached hydrogen (secondary N) is 1. The summed E-state index contributed by atoms with van der Waals surface area (Å²) in [6.45, 7) is 3.64. The van der Waals surface area contributed by atoms with Crippen molar-refractivity contribution in [1.29, 1.82) is 0 Å². The average Bonchev–Trinajstić information content (AvgIpc) is 2.73. The summed E-state index contributed by atoms with van der Waals surface area (Å²) in [6, 6.07) is 22.7. The van der Waals surface area contributed by atoms with Gasteiger partial charge >= 0.3 is 0 Å². The van der Waals surface area contributed by atoms with Crippen molar-refractivity contribution in [3.05, 3.63) is 90.0 Å². The number of anilines is 2. The molecule has 0 atom stereocenters. The first kappa shape index (κ1) is 20.6. The molecule has 1 amide bonds. The minimum Gasteiger partial charge on any atom is -0.325 e. The molecule has 0 aromatic heterocycles. The van der Waals surface area contributed by atoms with Crippen molar-refractivity contribution in [1.82, 2.24) is 0 Å². The second-order valence-corrected chi connectivity index (χ2v) is 8.62. The Morgan fingerprint density at radius 2 is 1.62 bits per heavy atom. The van der Waals surface area contributed by atoms with Crippen LogP contribution >= 0.6 is 0 Å². The summed E-state index contributed by atoms with van der Waals surface area (Å²) < 4.78 is 27.7. The predicted molar refractivity (Wildman–Crippen MR) is 117 cm³/mol. The summed E-state index contributed by atoms with van der Waals surface area (Å²) in [5.74, 6) is -0.408. The zero-order valence-electron chi connectivity index (χ0n) is 16.5. The maximum Gasteiger partial charge on any atom is 0.264 e. The standard InChI is InChI=1S/C23H24N2O3S/c1-3-19-12-14-21(15-13-19)25(29(27,28)22-10-5-4-6-11-22)17-23(26)24-20-9-7-8-18(2)16-20/h4-16H,3,17H2,1-2H3,(H,24,26). The molecule has 29 heavy (non-hydrogen) atoms. The summed E-state index contributed by atoms with van der Waals surface area (Å²) in [7, 11) is -3.90. The van der Waals surface area contributed by atoms with Crippen molar-refractivity contribution >= 4 is 27.3 Å². The molecule has 0 aliphatic heterocycles. The number of benzene rings is 3. The first-order valence-electron chi connectivity index (χ1n) is 9.43. The molecule has 0 heterocycles. The van der Waals surface area contributed by atoms with Gasteiger partial charge in [0.1, 0.15) is 6.54 Å². The summed E-state index contributed by atoms with van der Waals surface area (Å²) in [5, 5.41) is 2.78. The maximum atomic E-state index is 13.3. The van der Waals surface area contributed by atoms with E-state index >= 15 is 0 Å². The van der Waals surface area contributed by atoms with Gasteiger partial charge < -0.3 is 5.32 Å². The average molecular weight is 409 g/mol. The minimum absolute atomic E-state index is 0.142. The Morgan fingerprint density at radius 1 is 0.931 bits per heavy atom. The number of rotatable bonds is 7. The summed E-state index contributed by atoms with van der Waals surface area (Å²) in [5.41, 5.74) is 3.18. The fourth-order valence-electron chi connectivity index (χ4n) is 2.99. The Morgan fingerprint density at radius 3 is 2.24 bits per heavy atom. The molecule has 0 aliphatic carbocycles. The monoisotopic (exact) mass is 408 g/mol. The van der Waals surface area contributed by atoms with E-state index in [0.29, 0.717) is 11.4 Å². The number of carbonyl (C=O) groups is 1. The van der Waals surface area contributed by atoms with E-state index in [4.69, 9.17) is 0 Å². The van der Waals surface area contributed by atoms with Gasteiger partial charge in [-0.15, -0.1) is 0 Å². The Balaban J connectivity index is 1.93. The summed E-state index contributed by atoms with van der Waals surface area (Å²) >= 11 is 0. The van der Waals surface area contributed by atoms with Gasteiger partial charge in [-0.2, -0.15) is 0 Å². The SMILES string of the molecule is CCc1ccc(N(CC(=O)Nc2cccc(C)c2)S(=O)(=O)c2ccccc2)cc1. The number of nitrogens with zero attached hydrogens (tertiary/aromatic N) is 1. The van der Waals surface area contributed by atoms with E-state index in [1.165, 1.54) is 12.1 Å². The Bertz CT molecular complexity index is 1080. The molecule has 0 radical (unpaired) electrons. The molecular weight excluding hydrogens is 384 g/mol. The highest BCUT2D eigenvalue weighted by Crippen LogP contribution is 2.24. The largest absolute Gasteiger partial charge is 0.325 e. The molecule has 3 rings (SSSR count). The molecular formula is C23H24N2O3S. The van der Waals surface area contributed by atoms with E-state index in [1.807, 2.05) is 44.2 Å². The molecule has 0 bridgehead atoms. The van der Waals surface area contributed by atoms with E-state index in [0.717, 1.165) is 21.9 Å². The van der Waals surface area contributed by atoms with Crippen LogP contribution in [-0.4, -0.2) is 20.9 Å². The van der Waals surface area contributed by atoms with Crippen LogP contribution < -0.4 is 9.62 Å². The van der Waals surface area contributed by atoms with E-state index < -0.39 is 15.9 Å². The lowest BCUT2D eigenvalue weighted by Crippen LogP contribution is -2.38. The van der Waals surface area contributed by atoms with Crippen LogP contribution in [0, 0.1) is 6.92 Å². The van der Waals surface area contributed by atoms with E-state index in [2.05, 4.69) is 5.32 Å². The molecule has 0 unspecified atom stereocenters. The first-order valence-corrected chi connectivity index (χ1v) is 10.9. The predicted octanol–water partition coefficient (Wildman–Crippen LogP) is 4.39. The molecule has 3 aromatic rings. The minimum atomic E-state index is -3.90. The molecule has 0 saturated carbocycles. The van der Waals surface area contributed by atoms with Gasteiger partial charge in [-0.05, 0) is 60.9 Å². The first-order chi connectivity index (χ1) is 13.9. The molecule has 1 N–H and O–H groups in total. The van der Waals surface area contributed by atoms with Crippen molar-refractivity contribution in [2.24, 2.45) is 0 Å². The highest BCUT2D eigenvalue weighted by molar-refractivity contribution is 7.92. The van der Waals surface area contributed by atoms with Crippen LogP contribution in [0.1, 0.15) is 18.1 Å². The third-order valence-electron chi connectivity index (χ3n) is 4.55. The lowest BCUT2D eigenvalue weighted by atomic mass is 10.1. The highest BCUT2D eigenvalue weighted by atomic mass is 32.2. The van der Waals surface area contributed by atoms with Crippen molar-refractivity contribution in [2.45, 2.75) is 25.2 Å². The Hall–Kier alpha value is -3.12. The van der Waals surface area contributed by atoms with Gasteiger partial charge in [0.25, 0.3) is 10.0 Å². The molecule has 0 saturated heterocycles. The third kappa shape index (κ3) is 5.03. The smallest absolute Gasteiger partial charge is 0.264 e. The molecule has 150 valence electrons. The van der Waals surface area contributed by atoms with Crippen molar-refractivity contribution in [3.8, 4) is 0 Å². The molecule has 0 spiro atoms. The van der Waals surface area contributed by atoms with Crippen molar-refractivity contribution in [3.63, 3.8) is 0 Å². The van der Waals surface area contributed by atoms with E-state index in [9.17, 15) is 13.2 Å². The Kier molecular flexibility index (Phi) is 6.34.